The Hall–Kier alpha value is -1.82. The first-order valence-corrected chi connectivity index (χ1v) is 8.73. The van der Waals surface area contributed by atoms with Gasteiger partial charge in [-0.3, -0.25) is 4.68 Å². The number of carbonyl (C=O) groups excluding carboxylic acids is 1. The molecule has 0 bridgehead atoms. The van der Waals surface area contributed by atoms with Gasteiger partial charge in [-0.1, -0.05) is 48.0 Å². The van der Waals surface area contributed by atoms with Gasteiger partial charge in [0.2, 0.25) is 0 Å². The zero-order valence-corrected chi connectivity index (χ0v) is 15.2. The Morgan fingerprint density at radius 1 is 1.42 bits per heavy atom. The molecule has 0 unspecified atom stereocenters. The molecule has 0 aliphatic rings. The van der Waals surface area contributed by atoms with Gasteiger partial charge in [-0.2, -0.15) is 5.10 Å². The Labute approximate surface area is 153 Å². The highest BCUT2D eigenvalue weighted by molar-refractivity contribution is 7.20. The number of hydrogen-bond acceptors (Lipinski definition) is 4. The Kier molecular flexibility index (Phi) is 4.94. The van der Waals surface area contributed by atoms with E-state index >= 15 is 0 Å². The van der Waals surface area contributed by atoms with Crippen molar-refractivity contribution in [1.29, 1.82) is 0 Å². The van der Waals surface area contributed by atoms with E-state index in [9.17, 15) is 4.79 Å². The molecule has 3 aromatic rings. The Balaban J connectivity index is 1.91. The normalized spacial score (nSPS) is 11.0. The van der Waals surface area contributed by atoms with Crippen LogP contribution in [-0.2, 0) is 11.3 Å². The van der Waals surface area contributed by atoms with Crippen LogP contribution >= 0.6 is 34.5 Å². The van der Waals surface area contributed by atoms with Gasteiger partial charge in [0.25, 0.3) is 0 Å². The average Bonchev–Trinajstić information content (AvgIpc) is 3.09. The third kappa shape index (κ3) is 3.48. The molecule has 2 aromatic heterocycles. The molecule has 0 aliphatic heterocycles. The fraction of sp³-hybridized carbons (Fsp3) is 0.176. The molecule has 0 N–H and O–H groups in total. The van der Waals surface area contributed by atoms with Crippen LogP contribution in [0.2, 0.25) is 5.02 Å². The first kappa shape index (κ1) is 17.0. The van der Waals surface area contributed by atoms with Crippen LogP contribution < -0.4 is 0 Å². The summed E-state index contributed by atoms with van der Waals surface area (Å²) in [6.45, 7) is 5.95. The van der Waals surface area contributed by atoms with Gasteiger partial charge < -0.3 is 4.74 Å². The summed E-state index contributed by atoms with van der Waals surface area (Å²) >= 11 is 13.2. The highest BCUT2D eigenvalue weighted by Gasteiger charge is 2.18. The summed E-state index contributed by atoms with van der Waals surface area (Å²) in [7, 11) is 0. The minimum Gasteiger partial charge on any atom is -0.456 e. The zero-order valence-electron chi connectivity index (χ0n) is 12.9. The number of rotatable bonds is 5. The van der Waals surface area contributed by atoms with Crippen molar-refractivity contribution in [3.8, 4) is 0 Å². The second-order valence-corrected chi connectivity index (χ2v) is 7.23. The van der Waals surface area contributed by atoms with Crippen molar-refractivity contribution in [3.63, 3.8) is 0 Å². The van der Waals surface area contributed by atoms with Crippen molar-refractivity contribution >= 4 is 50.7 Å². The van der Waals surface area contributed by atoms with E-state index in [1.165, 1.54) is 11.3 Å². The number of thiophene rings is 1. The molecule has 0 atom stereocenters. The van der Waals surface area contributed by atoms with E-state index in [1.54, 1.807) is 6.07 Å². The lowest BCUT2D eigenvalue weighted by Gasteiger charge is -2.05. The number of carbonyl (C=O) groups is 1. The lowest BCUT2D eigenvalue weighted by atomic mass is 10.2. The van der Waals surface area contributed by atoms with E-state index in [1.807, 2.05) is 35.9 Å². The number of aryl methyl sites for hydroxylation is 1. The van der Waals surface area contributed by atoms with Crippen molar-refractivity contribution in [3.05, 3.63) is 63.1 Å². The number of aromatic nitrogens is 2. The van der Waals surface area contributed by atoms with Crippen LogP contribution in [0.1, 0.15) is 20.9 Å². The number of fused-ring (bicyclic) bond motifs is 1. The van der Waals surface area contributed by atoms with E-state index < -0.39 is 5.97 Å². The maximum absolute atomic E-state index is 12.1. The second-order valence-electron chi connectivity index (χ2n) is 5.26. The number of nitrogens with zero attached hydrogens (tertiary/aromatic N) is 2. The van der Waals surface area contributed by atoms with E-state index in [4.69, 9.17) is 27.9 Å². The highest BCUT2D eigenvalue weighted by atomic mass is 35.5. The van der Waals surface area contributed by atoms with Crippen molar-refractivity contribution in [1.82, 2.24) is 9.78 Å². The number of halogens is 2. The van der Waals surface area contributed by atoms with E-state index in [2.05, 4.69) is 11.7 Å². The fourth-order valence-corrected chi connectivity index (χ4v) is 3.63. The van der Waals surface area contributed by atoms with Crippen LogP contribution in [0.5, 0.6) is 0 Å². The quantitative estimate of drug-likeness (QED) is 0.583. The van der Waals surface area contributed by atoms with E-state index in [0.717, 1.165) is 21.5 Å². The zero-order chi connectivity index (χ0) is 17.3. The SMILES string of the molecule is C=C(Cl)COC(=O)c1cc2c(C)nn(Cc3ccccc3Cl)c2s1. The van der Waals surface area contributed by atoms with Crippen molar-refractivity contribution in [2.24, 2.45) is 0 Å². The van der Waals surface area contributed by atoms with Gasteiger partial charge in [0.05, 0.1) is 12.2 Å². The molecule has 2 heterocycles. The lowest BCUT2D eigenvalue weighted by molar-refractivity contribution is 0.0552. The first-order chi connectivity index (χ1) is 11.5. The minimum atomic E-state index is -0.415. The summed E-state index contributed by atoms with van der Waals surface area (Å²) in [6, 6.07) is 9.43. The van der Waals surface area contributed by atoms with Gasteiger partial charge in [-0.05, 0) is 24.6 Å². The summed E-state index contributed by atoms with van der Waals surface area (Å²) in [5.74, 6) is -0.415. The molecule has 0 amide bonds. The highest BCUT2D eigenvalue weighted by Crippen LogP contribution is 2.30. The number of benzene rings is 1. The van der Waals surface area contributed by atoms with Crippen molar-refractivity contribution in [2.45, 2.75) is 13.5 Å². The van der Waals surface area contributed by atoms with Gasteiger partial charge in [0.1, 0.15) is 16.3 Å². The third-order valence-electron chi connectivity index (χ3n) is 3.45. The van der Waals surface area contributed by atoms with Crippen LogP contribution in [-0.4, -0.2) is 22.4 Å². The monoisotopic (exact) mass is 380 g/mol. The topological polar surface area (TPSA) is 44.1 Å². The Bertz CT molecular complexity index is 930. The second kappa shape index (κ2) is 6.97. The molecule has 0 saturated heterocycles. The summed E-state index contributed by atoms with van der Waals surface area (Å²) < 4.78 is 6.95. The molecule has 0 saturated carbocycles. The molecule has 4 nitrogen and oxygen atoms in total. The van der Waals surface area contributed by atoms with Crippen LogP contribution in [0.25, 0.3) is 10.2 Å². The number of ether oxygens (including phenoxy) is 1. The largest absolute Gasteiger partial charge is 0.456 e. The maximum atomic E-state index is 12.1. The van der Waals surface area contributed by atoms with Gasteiger partial charge >= 0.3 is 5.97 Å². The van der Waals surface area contributed by atoms with Gasteiger partial charge in [-0.15, -0.1) is 11.3 Å². The molecule has 0 radical (unpaired) electrons. The summed E-state index contributed by atoms with van der Waals surface area (Å²) in [6.07, 6.45) is 0. The third-order valence-corrected chi connectivity index (χ3v) is 5.05. The molecule has 0 spiro atoms. The first-order valence-electron chi connectivity index (χ1n) is 7.16. The van der Waals surface area contributed by atoms with Crippen LogP contribution in [0, 0.1) is 6.92 Å². The Morgan fingerprint density at radius 2 is 2.17 bits per heavy atom. The molecule has 3 rings (SSSR count). The average molecular weight is 381 g/mol. The fourth-order valence-electron chi connectivity index (χ4n) is 2.32. The lowest BCUT2D eigenvalue weighted by Crippen LogP contribution is -2.04. The summed E-state index contributed by atoms with van der Waals surface area (Å²) in [4.78, 5) is 13.5. The molecule has 0 aliphatic carbocycles. The molecule has 7 heteroatoms. The molecule has 1 aromatic carbocycles. The standard InChI is InChI=1S/C17H14Cl2N2O2S/c1-10(18)9-23-17(22)15-7-13-11(2)20-21(16(13)24-15)8-12-5-3-4-6-14(12)19/h3-7H,1,8-9H2,2H3. The molecule has 0 fully saturated rings. The summed E-state index contributed by atoms with van der Waals surface area (Å²) in [5, 5.41) is 6.45. The van der Waals surface area contributed by atoms with Gasteiger partial charge in [0, 0.05) is 15.4 Å². The van der Waals surface area contributed by atoms with Crippen LogP contribution in [0.3, 0.4) is 0 Å². The molecule has 24 heavy (non-hydrogen) atoms. The van der Waals surface area contributed by atoms with Crippen LogP contribution in [0.4, 0.5) is 0 Å². The van der Waals surface area contributed by atoms with Gasteiger partial charge in [-0.25, -0.2) is 4.79 Å². The minimum absolute atomic E-state index is 0.000630. The molecular weight excluding hydrogens is 367 g/mol. The van der Waals surface area contributed by atoms with Crippen molar-refractivity contribution < 1.29 is 9.53 Å². The van der Waals surface area contributed by atoms with Gasteiger partial charge in [0.15, 0.2) is 0 Å². The summed E-state index contributed by atoms with van der Waals surface area (Å²) in [5.41, 5.74) is 1.83. The van der Waals surface area contributed by atoms with E-state index in [0.29, 0.717) is 16.4 Å². The number of hydrogen-bond donors (Lipinski definition) is 0. The van der Waals surface area contributed by atoms with Crippen LogP contribution in [0.15, 0.2) is 41.9 Å². The number of esters is 1. The molecular formula is C17H14Cl2N2O2S. The Morgan fingerprint density at radius 3 is 2.88 bits per heavy atom. The van der Waals surface area contributed by atoms with E-state index in [-0.39, 0.29) is 11.6 Å². The smallest absolute Gasteiger partial charge is 0.348 e. The predicted octanol–water partition coefficient (Wildman–Crippen LogP) is 5.02. The maximum Gasteiger partial charge on any atom is 0.348 e. The predicted molar refractivity (Wildman–Crippen MR) is 98.2 cm³/mol. The van der Waals surface area contributed by atoms with Crippen molar-refractivity contribution in [2.75, 3.05) is 6.61 Å². The molecule has 124 valence electrons.